The molecule has 0 aliphatic rings. The molecule has 0 saturated heterocycles. The van der Waals surface area contributed by atoms with Gasteiger partial charge in [-0.2, -0.15) is 0 Å². The van der Waals surface area contributed by atoms with E-state index in [2.05, 4.69) is 5.32 Å². The third-order valence-corrected chi connectivity index (χ3v) is 4.16. The molecule has 5 heteroatoms. The topological polar surface area (TPSA) is 47.6 Å². The zero-order valence-corrected chi connectivity index (χ0v) is 15.2. The molecule has 0 aliphatic carbocycles. The van der Waals surface area contributed by atoms with Crippen LogP contribution in [0.3, 0.4) is 0 Å². The molecule has 3 aromatic rings. The Morgan fingerprint density at radius 1 is 0.923 bits per heavy atom. The third kappa shape index (κ3) is 3.98. The maximum atomic E-state index is 12.6. The van der Waals surface area contributed by atoms with Crippen molar-refractivity contribution in [2.45, 2.75) is 0 Å². The van der Waals surface area contributed by atoms with Gasteiger partial charge >= 0.3 is 0 Å². The van der Waals surface area contributed by atoms with Crippen LogP contribution in [-0.4, -0.2) is 20.1 Å². The molecule has 0 heterocycles. The van der Waals surface area contributed by atoms with E-state index in [9.17, 15) is 4.79 Å². The summed E-state index contributed by atoms with van der Waals surface area (Å²) in [7, 11) is 3.22. The van der Waals surface area contributed by atoms with Crippen molar-refractivity contribution in [3.8, 4) is 22.6 Å². The van der Waals surface area contributed by atoms with Crippen molar-refractivity contribution < 1.29 is 14.3 Å². The van der Waals surface area contributed by atoms with E-state index in [1.807, 2.05) is 24.3 Å². The number of carbonyl (C=O) groups is 1. The number of methoxy groups -OCH3 is 2. The molecular weight excluding hydrogens is 350 g/mol. The second-order valence-electron chi connectivity index (χ2n) is 5.61. The van der Waals surface area contributed by atoms with Gasteiger partial charge in [0.2, 0.25) is 0 Å². The van der Waals surface area contributed by atoms with E-state index in [0.717, 1.165) is 16.9 Å². The van der Waals surface area contributed by atoms with Crippen molar-refractivity contribution in [2.75, 3.05) is 19.5 Å². The highest BCUT2D eigenvalue weighted by atomic mass is 35.5. The van der Waals surface area contributed by atoms with Gasteiger partial charge in [0.1, 0.15) is 11.5 Å². The summed E-state index contributed by atoms with van der Waals surface area (Å²) in [6.45, 7) is 0. The number of hydrogen-bond donors (Lipinski definition) is 1. The van der Waals surface area contributed by atoms with Crippen LogP contribution >= 0.6 is 11.6 Å². The quantitative estimate of drug-likeness (QED) is 0.667. The molecule has 0 spiro atoms. The highest BCUT2D eigenvalue weighted by Gasteiger charge is 2.13. The molecule has 0 aliphatic heterocycles. The zero-order valence-electron chi connectivity index (χ0n) is 14.5. The van der Waals surface area contributed by atoms with E-state index in [4.69, 9.17) is 21.1 Å². The number of hydrogen-bond acceptors (Lipinski definition) is 3. The van der Waals surface area contributed by atoms with Crippen LogP contribution in [-0.2, 0) is 0 Å². The molecule has 0 bridgehead atoms. The molecular formula is C21H18ClNO3. The molecule has 1 amide bonds. The number of benzene rings is 3. The standard InChI is InChI=1S/C21H18ClNO3/c1-25-18-8-3-5-14(11-18)19-12-15(9-10-20(19)26-2)21(24)23-17-7-4-6-16(22)13-17/h3-13H,1-2H3,(H,23,24). The first kappa shape index (κ1) is 17.8. The van der Waals surface area contributed by atoms with Crippen LogP contribution in [0.5, 0.6) is 11.5 Å². The number of nitrogens with one attached hydrogen (secondary N) is 1. The van der Waals surface area contributed by atoms with Crippen molar-refractivity contribution in [1.29, 1.82) is 0 Å². The first-order valence-corrected chi connectivity index (χ1v) is 8.38. The van der Waals surface area contributed by atoms with Gasteiger partial charge in [0.25, 0.3) is 5.91 Å². The normalized spacial score (nSPS) is 10.3. The van der Waals surface area contributed by atoms with Gasteiger partial charge in [-0.3, -0.25) is 4.79 Å². The van der Waals surface area contributed by atoms with Crippen LogP contribution < -0.4 is 14.8 Å². The maximum Gasteiger partial charge on any atom is 0.255 e. The Balaban J connectivity index is 1.95. The minimum atomic E-state index is -0.223. The lowest BCUT2D eigenvalue weighted by molar-refractivity contribution is 0.102. The van der Waals surface area contributed by atoms with Gasteiger partial charge in [0.15, 0.2) is 0 Å². The van der Waals surface area contributed by atoms with Gasteiger partial charge in [0.05, 0.1) is 14.2 Å². The van der Waals surface area contributed by atoms with Gasteiger partial charge < -0.3 is 14.8 Å². The number of carbonyl (C=O) groups excluding carboxylic acids is 1. The SMILES string of the molecule is COc1cccc(-c2cc(C(=O)Nc3cccc(Cl)c3)ccc2OC)c1. The lowest BCUT2D eigenvalue weighted by atomic mass is 10.0. The predicted octanol–water partition coefficient (Wildman–Crippen LogP) is 5.28. The minimum absolute atomic E-state index is 0.223. The summed E-state index contributed by atoms with van der Waals surface area (Å²) in [4.78, 5) is 12.6. The van der Waals surface area contributed by atoms with Gasteiger partial charge in [-0.15, -0.1) is 0 Å². The predicted molar refractivity (Wildman–Crippen MR) is 104 cm³/mol. The maximum absolute atomic E-state index is 12.6. The minimum Gasteiger partial charge on any atom is -0.497 e. The van der Waals surface area contributed by atoms with Crippen LogP contribution in [0, 0.1) is 0 Å². The lowest BCUT2D eigenvalue weighted by Gasteiger charge is -2.12. The fraction of sp³-hybridized carbons (Fsp3) is 0.0952. The molecule has 0 unspecified atom stereocenters. The van der Waals surface area contributed by atoms with Gasteiger partial charge in [-0.25, -0.2) is 0 Å². The average Bonchev–Trinajstić information content (AvgIpc) is 2.67. The van der Waals surface area contributed by atoms with Crippen LogP contribution in [0.25, 0.3) is 11.1 Å². The summed E-state index contributed by atoms with van der Waals surface area (Å²) >= 11 is 5.97. The van der Waals surface area contributed by atoms with E-state index in [1.165, 1.54) is 0 Å². The van der Waals surface area contributed by atoms with E-state index in [0.29, 0.717) is 22.0 Å². The fourth-order valence-corrected chi connectivity index (χ4v) is 2.83. The number of ether oxygens (including phenoxy) is 2. The third-order valence-electron chi connectivity index (χ3n) is 3.92. The Morgan fingerprint density at radius 2 is 1.73 bits per heavy atom. The Labute approximate surface area is 157 Å². The van der Waals surface area contributed by atoms with Gasteiger partial charge in [-0.05, 0) is 54.1 Å². The van der Waals surface area contributed by atoms with Gasteiger partial charge in [-0.1, -0.05) is 29.8 Å². The van der Waals surface area contributed by atoms with E-state index < -0.39 is 0 Å². The Hall–Kier alpha value is -2.98. The summed E-state index contributed by atoms with van der Waals surface area (Å²) in [6.07, 6.45) is 0. The summed E-state index contributed by atoms with van der Waals surface area (Å²) < 4.78 is 10.7. The van der Waals surface area contributed by atoms with Crippen molar-refractivity contribution in [3.63, 3.8) is 0 Å². The summed E-state index contributed by atoms with van der Waals surface area (Å²) in [5, 5.41) is 3.41. The highest BCUT2D eigenvalue weighted by molar-refractivity contribution is 6.31. The lowest BCUT2D eigenvalue weighted by Crippen LogP contribution is -2.12. The average molecular weight is 368 g/mol. The molecule has 26 heavy (non-hydrogen) atoms. The zero-order chi connectivity index (χ0) is 18.5. The van der Waals surface area contributed by atoms with Crippen LogP contribution in [0.2, 0.25) is 5.02 Å². The highest BCUT2D eigenvalue weighted by Crippen LogP contribution is 2.33. The van der Waals surface area contributed by atoms with E-state index in [-0.39, 0.29) is 5.91 Å². The van der Waals surface area contributed by atoms with Crippen molar-refractivity contribution in [3.05, 3.63) is 77.3 Å². The molecule has 3 aromatic carbocycles. The molecule has 0 aromatic heterocycles. The molecule has 1 N–H and O–H groups in total. The number of amides is 1. The second-order valence-corrected chi connectivity index (χ2v) is 6.05. The molecule has 3 rings (SSSR count). The van der Waals surface area contributed by atoms with Gasteiger partial charge in [0, 0.05) is 21.8 Å². The van der Waals surface area contributed by atoms with Crippen molar-refractivity contribution in [2.24, 2.45) is 0 Å². The largest absolute Gasteiger partial charge is 0.497 e. The summed E-state index contributed by atoms with van der Waals surface area (Å²) in [6, 6.07) is 19.9. The smallest absolute Gasteiger partial charge is 0.255 e. The molecule has 132 valence electrons. The molecule has 4 nitrogen and oxygen atoms in total. The second kappa shape index (κ2) is 7.93. The van der Waals surface area contributed by atoms with Crippen molar-refractivity contribution in [1.82, 2.24) is 0 Å². The number of rotatable bonds is 5. The monoisotopic (exact) mass is 367 g/mol. The molecule has 0 saturated carbocycles. The van der Waals surface area contributed by atoms with Crippen LogP contribution in [0.1, 0.15) is 10.4 Å². The number of halogens is 1. The van der Waals surface area contributed by atoms with E-state index >= 15 is 0 Å². The first-order valence-electron chi connectivity index (χ1n) is 8.00. The molecule has 0 fully saturated rings. The summed E-state index contributed by atoms with van der Waals surface area (Å²) in [5.41, 5.74) is 2.87. The van der Waals surface area contributed by atoms with Crippen molar-refractivity contribution >= 4 is 23.2 Å². The molecule has 0 atom stereocenters. The summed E-state index contributed by atoms with van der Waals surface area (Å²) in [5.74, 6) is 1.19. The Bertz CT molecular complexity index is 940. The fourth-order valence-electron chi connectivity index (χ4n) is 2.63. The van der Waals surface area contributed by atoms with E-state index in [1.54, 1.807) is 56.7 Å². The first-order chi connectivity index (χ1) is 12.6. The number of anilines is 1. The Kier molecular flexibility index (Phi) is 5.44. The molecule has 0 radical (unpaired) electrons. The van der Waals surface area contributed by atoms with Crippen LogP contribution in [0.15, 0.2) is 66.7 Å². The van der Waals surface area contributed by atoms with Crippen LogP contribution in [0.4, 0.5) is 5.69 Å². The Morgan fingerprint density at radius 3 is 2.46 bits per heavy atom.